The Bertz CT molecular complexity index is 454. The van der Waals surface area contributed by atoms with Gasteiger partial charge in [0.05, 0.1) is 19.5 Å². The van der Waals surface area contributed by atoms with Crippen LogP contribution in [0.1, 0.15) is 12.5 Å². The van der Waals surface area contributed by atoms with Gasteiger partial charge in [-0.1, -0.05) is 15.9 Å². The van der Waals surface area contributed by atoms with Gasteiger partial charge in [-0.15, -0.1) is 0 Å². The molecular weight excluding hydrogens is 330 g/mol. The van der Waals surface area contributed by atoms with Crippen molar-refractivity contribution in [3.63, 3.8) is 0 Å². The normalized spacial score (nSPS) is 11.8. The maximum Gasteiger partial charge on any atom is 0.233 e. The van der Waals surface area contributed by atoms with E-state index in [0.29, 0.717) is 18.0 Å². The van der Waals surface area contributed by atoms with E-state index < -0.39 is 0 Å². The standard InChI is InChI=1S/C13H18BrNO3S/c1-8(19-4)13(16)15-7-9-5-11(17-2)12(18-3)6-10(9)14/h5-6,8H,7H2,1-4H3,(H,15,16). The highest BCUT2D eigenvalue weighted by atomic mass is 79.9. The fourth-order valence-electron chi connectivity index (χ4n) is 1.46. The molecule has 0 aromatic heterocycles. The molecule has 0 aliphatic carbocycles. The monoisotopic (exact) mass is 347 g/mol. The Labute approximate surface area is 126 Å². The van der Waals surface area contributed by atoms with Crippen molar-refractivity contribution in [2.75, 3.05) is 20.5 Å². The van der Waals surface area contributed by atoms with E-state index in [1.54, 1.807) is 14.2 Å². The molecule has 106 valence electrons. The fraction of sp³-hybridized carbons (Fsp3) is 0.462. The lowest BCUT2D eigenvalue weighted by molar-refractivity contribution is -0.120. The lowest BCUT2D eigenvalue weighted by Gasteiger charge is -2.14. The lowest BCUT2D eigenvalue weighted by Crippen LogP contribution is -2.30. The van der Waals surface area contributed by atoms with Gasteiger partial charge < -0.3 is 14.8 Å². The molecule has 0 saturated heterocycles. The molecule has 1 aromatic rings. The highest BCUT2D eigenvalue weighted by molar-refractivity contribution is 9.10. The Morgan fingerprint density at radius 3 is 2.47 bits per heavy atom. The van der Waals surface area contributed by atoms with Crippen LogP contribution in [0.2, 0.25) is 0 Å². The van der Waals surface area contributed by atoms with E-state index in [-0.39, 0.29) is 11.2 Å². The molecule has 1 atom stereocenters. The number of carbonyl (C=O) groups is 1. The first-order valence-electron chi connectivity index (χ1n) is 5.74. The van der Waals surface area contributed by atoms with E-state index in [2.05, 4.69) is 21.2 Å². The Kier molecular flexibility index (Phi) is 6.51. The summed E-state index contributed by atoms with van der Waals surface area (Å²) in [7, 11) is 3.18. The van der Waals surface area contributed by atoms with Crippen molar-refractivity contribution < 1.29 is 14.3 Å². The number of rotatable bonds is 6. The summed E-state index contributed by atoms with van der Waals surface area (Å²) in [4.78, 5) is 11.7. The summed E-state index contributed by atoms with van der Waals surface area (Å²) >= 11 is 4.98. The average Bonchev–Trinajstić information content (AvgIpc) is 2.44. The maximum atomic E-state index is 11.7. The van der Waals surface area contributed by atoms with Crippen LogP contribution in [0, 0.1) is 0 Å². The topological polar surface area (TPSA) is 47.6 Å². The Hall–Kier alpha value is -0.880. The van der Waals surface area contributed by atoms with Crippen molar-refractivity contribution in [3.8, 4) is 11.5 Å². The van der Waals surface area contributed by atoms with Gasteiger partial charge >= 0.3 is 0 Å². The Balaban J connectivity index is 2.81. The van der Waals surface area contributed by atoms with Crippen molar-refractivity contribution in [2.45, 2.75) is 18.7 Å². The number of carbonyl (C=O) groups excluding carboxylic acids is 1. The summed E-state index contributed by atoms with van der Waals surface area (Å²) in [6.07, 6.45) is 1.91. The number of amides is 1. The van der Waals surface area contributed by atoms with Gasteiger partial charge in [0, 0.05) is 11.0 Å². The molecular formula is C13H18BrNO3S. The van der Waals surface area contributed by atoms with E-state index in [0.717, 1.165) is 10.0 Å². The summed E-state index contributed by atoms with van der Waals surface area (Å²) in [6, 6.07) is 3.69. The van der Waals surface area contributed by atoms with Crippen LogP contribution in [0.3, 0.4) is 0 Å². The van der Waals surface area contributed by atoms with Crippen LogP contribution in [-0.4, -0.2) is 31.6 Å². The van der Waals surface area contributed by atoms with Crippen LogP contribution >= 0.6 is 27.7 Å². The number of thioether (sulfide) groups is 1. The van der Waals surface area contributed by atoms with Crippen molar-refractivity contribution in [3.05, 3.63) is 22.2 Å². The number of nitrogens with one attached hydrogen (secondary N) is 1. The second-order valence-corrected chi connectivity index (χ2v) is 5.93. The van der Waals surface area contributed by atoms with Crippen molar-refractivity contribution in [1.82, 2.24) is 5.32 Å². The molecule has 0 heterocycles. The number of hydrogen-bond donors (Lipinski definition) is 1. The van der Waals surface area contributed by atoms with Crippen LogP contribution in [0.15, 0.2) is 16.6 Å². The van der Waals surface area contributed by atoms with E-state index in [9.17, 15) is 4.79 Å². The highest BCUT2D eigenvalue weighted by Crippen LogP contribution is 2.33. The van der Waals surface area contributed by atoms with Gasteiger partial charge in [0.1, 0.15) is 0 Å². The smallest absolute Gasteiger partial charge is 0.233 e. The molecule has 6 heteroatoms. The van der Waals surface area contributed by atoms with E-state index in [1.807, 2.05) is 25.3 Å². The molecule has 1 amide bonds. The summed E-state index contributed by atoms with van der Waals surface area (Å²) in [6.45, 7) is 2.33. The van der Waals surface area contributed by atoms with Crippen molar-refractivity contribution in [1.29, 1.82) is 0 Å². The molecule has 0 aliphatic heterocycles. The predicted octanol–water partition coefficient (Wildman–Crippen LogP) is 2.83. The minimum atomic E-state index is -0.0566. The molecule has 1 unspecified atom stereocenters. The zero-order valence-corrected chi connectivity index (χ0v) is 13.9. The van der Waals surface area contributed by atoms with Crippen molar-refractivity contribution in [2.24, 2.45) is 0 Å². The molecule has 1 N–H and O–H groups in total. The zero-order chi connectivity index (χ0) is 14.4. The quantitative estimate of drug-likeness (QED) is 0.859. The average molecular weight is 348 g/mol. The summed E-state index contributed by atoms with van der Waals surface area (Å²) < 4.78 is 11.3. The molecule has 4 nitrogen and oxygen atoms in total. The molecule has 0 radical (unpaired) electrons. The van der Waals surface area contributed by atoms with E-state index >= 15 is 0 Å². The van der Waals surface area contributed by atoms with E-state index in [1.165, 1.54) is 11.8 Å². The summed E-state index contributed by atoms with van der Waals surface area (Å²) in [5, 5.41) is 2.84. The third-order valence-electron chi connectivity index (χ3n) is 2.73. The number of ether oxygens (including phenoxy) is 2. The van der Waals surface area contributed by atoms with Crippen LogP contribution in [0.4, 0.5) is 0 Å². The van der Waals surface area contributed by atoms with Gasteiger partial charge in [-0.3, -0.25) is 4.79 Å². The minimum absolute atomic E-state index is 0.0224. The maximum absolute atomic E-state index is 11.7. The van der Waals surface area contributed by atoms with Gasteiger partial charge in [-0.05, 0) is 30.9 Å². The van der Waals surface area contributed by atoms with Crippen LogP contribution < -0.4 is 14.8 Å². The largest absolute Gasteiger partial charge is 0.493 e. The number of benzene rings is 1. The van der Waals surface area contributed by atoms with E-state index in [4.69, 9.17) is 9.47 Å². The molecule has 0 bridgehead atoms. The number of halogens is 1. The van der Waals surface area contributed by atoms with Gasteiger partial charge in [-0.25, -0.2) is 0 Å². The number of methoxy groups -OCH3 is 2. The molecule has 19 heavy (non-hydrogen) atoms. The van der Waals surface area contributed by atoms with Gasteiger partial charge in [-0.2, -0.15) is 11.8 Å². The zero-order valence-electron chi connectivity index (χ0n) is 11.5. The van der Waals surface area contributed by atoms with Crippen LogP contribution in [0.5, 0.6) is 11.5 Å². The molecule has 1 rings (SSSR count). The lowest BCUT2D eigenvalue weighted by atomic mass is 10.2. The Morgan fingerprint density at radius 1 is 1.37 bits per heavy atom. The van der Waals surface area contributed by atoms with Crippen molar-refractivity contribution >= 4 is 33.6 Å². The summed E-state index contributed by atoms with van der Waals surface area (Å²) in [5.74, 6) is 1.32. The predicted molar refractivity (Wildman–Crippen MR) is 82.1 cm³/mol. The SMILES string of the molecule is COc1cc(Br)c(CNC(=O)C(C)SC)cc1OC. The molecule has 0 fully saturated rings. The van der Waals surface area contributed by atoms with Crippen LogP contribution in [0.25, 0.3) is 0 Å². The molecule has 0 aliphatic rings. The van der Waals surface area contributed by atoms with Gasteiger partial charge in [0.15, 0.2) is 11.5 Å². The summed E-state index contributed by atoms with van der Waals surface area (Å²) in [5.41, 5.74) is 0.944. The molecule has 0 saturated carbocycles. The highest BCUT2D eigenvalue weighted by Gasteiger charge is 2.13. The second-order valence-electron chi connectivity index (χ2n) is 3.89. The third kappa shape index (κ3) is 4.31. The Morgan fingerprint density at radius 2 is 1.95 bits per heavy atom. The fourth-order valence-corrected chi connectivity index (χ4v) is 2.22. The molecule has 1 aromatic carbocycles. The van der Waals surface area contributed by atoms with Gasteiger partial charge in [0.25, 0.3) is 0 Å². The second kappa shape index (κ2) is 7.65. The van der Waals surface area contributed by atoms with Crippen LogP contribution in [-0.2, 0) is 11.3 Å². The first kappa shape index (κ1) is 16.2. The first-order valence-corrected chi connectivity index (χ1v) is 7.82. The third-order valence-corrected chi connectivity index (χ3v) is 4.39. The minimum Gasteiger partial charge on any atom is -0.493 e. The molecule has 0 spiro atoms. The van der Waals surface area contributed by atoms with Gasteiger partial charge in [0.2, 0.25) is 5.91 Å². The first-order chi connectivity index (χ1) is 9.03. The number of hydrogen-bond acceptors (Lipinski definition) is 4.